The number of carbonyl (C=O) groups excluding carboxylic acids is 1. The van der Waals surface area contributed by atoms with E-state index in [-0.39, 0.29) is 0 Å². The molecule has 0 aliphatic heterocycles. The molecule has 1 aromatic rings. The summed E-state index contributed by atoms with van der Waals surface area (Å²) in [4.78, 5) is 68.6. The van der Waals surface area contributed by atoms with Gasteiger partial charge in [-0.1, -0.05) is 0 Å². The summed E-state index contributed by atoms with van der Waals surface area (Å²) < 4.78 is 0. The van der Waals surface area contributed by atoms with Crippen molar-refractivity contribution in [2.45, 2.75) is 0 Å². The summed E-state index contributed by atoms with van der Waals surface area (Å²) in [6.45, 7) is 0. The van der Waals surface area contributed by atoms with E-state index >= 15 is 0 Å². The molecule has 0 saturated carbocycles. The van der Waals surface area contributed by atoms with Crippen molar-refractivity contribution in [1.29, 1.82) is 0 Å². The van der Waals surface area contributed by atoms with Crippen molar-refractivity contribution in [2.75, 3.05) is 0 Å². The first-order valence-electron chi connectivity index (χ1n) is 5.88. The fourth-order valence-corrected chi connectivity index (χ4v) is 2.12. The number of nitrogen functional groups attached to an aromatic ring is 1. The molecule has 0 fully saturated rings. The Hall–Kier alpha value is -4.00. The highest BCUT2D eigenvalue weighted by atomic mass is 16.4. The zero-order valence-electron chi connectivity index (χ0n) is 11.8. The first-order valence-corrected chi connectivity index (χ1v) is 5.88. The molecular formula is C12H8N2O11. The van der Waals surface area contributed by atoms with Crippen LogP contribution in [0, 0.1) is 0 Å². The van der Waals surface area contributed by atoms with Gasteiger partial charge in [0.25, 0.3) is 5.91 Å². The summed E-state index contributed by atoms with van der Waals surface area (Å²) in [7, 11) is 0. The Kier molecular flexibility index (Phi) is 5.05. The Morgan fingerprint density at radius 3 is 0.880 bits per heavy atom. The van der Waals surface area contributed by atoms with Crippen LogP contribution in [0.25, 0.3) is 0 Å². The highest BCUT2D eigenvalue weighted by molar-refractivity contribution is 6.23. The lowest BCUT2D eigenvalue weighted by molar-refractivity contribution is 0.0606. The summed E-state index contributed by atoms with van der Waals surface area (Å²) in [5.74, 6) is -7.85. The minimum Gasteiger partial charge on any atom is -0.478 e. The molecule has 13 nitrogen and oxygen atoms in total. The Morgan fingerprint density at radius 1 is 0.520 bits per heavy atom. The fourth-order valence-electron chi connectivity index (χ4n) is 2.12. The molecule has 0 aromatic heterocycles. The summed E-state index contributed by atoms with van der Waals surface area (Å²) in [6.07, 6.45) is 0. The van der Waals surface area contributed by atoms with Gasteiger partial charge in [0, 0.05) is 0 Å². The molecule has 0 aliphatic rings. The van der Waals surface area contributed by atoms with Gasteiger partial charge in [-0.15, -0.1) is 0 Å². The average molecular weight is 356 g/mol. The largest absolute Gasteiger partial charge is 0.478 e. The van der Waals surface area contributed by atoms with Crippen molar-refractivity contribution >= 4 is 35.8 Å². The lowest BCUT2D eigenvalue weighted by Gasteiger charge is -2.17. The quantitative estimate of drug-likeness (QED) is 0.180. The topological polar surface area (TPSA) is 242 Å². The molecule has 0 spiro atoms. The number of hydrogen-bond donors (Lipinski definition) is 7. The molecule has 13 heteroatoms. The predicted octanol–water partition coefficient (Wildman–Crippen LogP) is -1.22. The summed E-state index contributed by atoms with van der Waals surface area (Å²) in [5.41, 5.74) is -7.90. The number of benzene rings is 1. The zero-order chi connectivity index (χ0) is 19.6. The van der Waals surface area contributed by atoms with Gasteiger partial charge >= 0.3 is 29.8 Å². The Balaban J connectivity index is 4.50. The van der Waals surface area contributed by atoms with E-state index in [0.717, 1.165) is 0 Å². The highest BCUT2D eigenvalue weighted by Gasteiger charge is 2.40. The van der Waals surface area contributed by atoms with E-state index in [1.807, 2.05) is 0 Å². The second kappa shape index (κ2) is 6.63. The van der Waals surface area contributed by atoms with E-state index in [0.29, 0.717) is 0 Å². The van der Waals surface area contributed by atoms with Crippen LogP contribution in [-0.4, -0.2) is 61.3 Å². The lowest BCUT2D eigenvalue weighted by atomic mass is 9.85. The third-order valence-electron chi connectivity index (χ3n) is 2.93. The number of amides is 1. The van der Waals surface area contributed by atoms with Crippen LogP contribution < -0.4 is 11.3 Å². The highest BCUT2D eigenvalue weighted by Crippen LogP contribution is 2.30. The predicted molar refractivity (Wildman–Crippen MR) is 72.9 cm³/mol. The van der Waals surface area contributed by atoms with Crippen LogP contribution >= 0.6 is 0 Å². The van der Waals surface area contributed by atoms with E-state index in [1.165, 1.54) is 5.43 Å². The van der Waals surface area contributed by atoms with Crippen molar-refractivity contribution in [1.82, 2.24) is 5.43 Å². The Morgan fingerprint density at radius 2 is 0.720 bits per heavy atom. The molecule has 1 aromatic carbocycles. The van der Waals surface area contributed by atoms with Gasteiger partial charge in [0.15, 0.2) is 0 Å². The number of nitrogens with two attached hydrogens (primary N) is 1. The van der Waals surface area contributed by atoms with Crippen LogP contribution in [0.3, 0.4) is 0 Å². The van der Waals surface area contributed by atoms with Gasteiger partial charge in [-0.3, -0.25) is 10.2 Å². The number of carboxylic acids is 5. The molecule has 8 N–H and O–H groups in total. The number of aromatic carboxylic acids is 5. The van der Waals surface area contributed by atoms with Crippen molar-refractivity contribution in [3.63, 3.8) is 0 Å². The minimum absolute atomic E-state index is 1.35. The van der Waals surface area contributed by atoms with Gasteiger partial charge in [-0.25, -0.2) is 29.8 Å². The third-order valence-corrected chi connectivity index (χ3v) is 2.93. The van der Waals surface area contributed by atoms with Gasteiger partial charge < -0.3 is 25.5 Å². The minimum atomic E-state index is -2.22. The first kappa shape index (κ1) is 19.0. The molecule has 25 heavy (non-hydrogen) atoms. The van der Waals surface area contributed by atoms with Gasteiger partial charge in [-0.05, 0) is 0 Å². The molecule has 0 radical (unpaired) electrons. The van der Waals surface area contributed by atoms with Crippen LogP contribution in [0.5, 0.6) is 0 Å². The molecule has 0 saturated heterocycles. The Bertz CT molecular complexity index is 802. The smallest absolute Gasteiger partial charge is 0.337 e. The summed E-state index contributed by atoms with van der Waals surface area (Å²) >= 11 is 0. The van der Waals surface area contributed by atoms with Crippen molar-refractivity contribution < 1.29 is 54.3 Å². The molecular weight excluding hydrogens is 348 g/mol. The van der Waals surface area contributed by atoms with Gasteiger partial charge in [-0.2, -0.15) is 0 Å². The second-order valence-electron chi connectivity index (χ2n) is 4.25. The number of rotatable bonds is 6. The van der Waals surface area contributed by atoms with Crippen molar-refractivity contribution in [3.8, 4) is 0 Å². The zero-order valence-corrected chi connectivity index (χ0v) is 11.8. The van der Waals surface area contributed by atoms with Crippen molar-refractivity contribution in [3.05, 3.63) is 33.4 Å². The van der Waals surface area contributed by atoms with Crippen LogP contribution in [-0.2, 0) is 0 Å². The number of hydrogen-bond acceptors (Lipinski definition) is 7. The maximum atomic E-state index is 11.8. The molecule has 0 unspecified atom stereocenters. The number of hydrazine groups is 1. The summed E-state index contributed by atoms with van der Waals surface area (Å²) in [5, 5.41) is 45.7. The maximum absolute atomic E-state index is 11.8. The van der Waals surface area contributed by atoms with Crippen LogP contribution in [0.4, 0.5) is 0 Å². The fraction of sp³-hybridized carbons (Fsp3) is 0. The van der Waals surface area contributed by atoms with Crippen LogP contribution in [0.15, 0.2) is 0 Å². The standard InChI is InChI=1S/C12H8N2O11/c13-14-7(15)1-2(8(16)17)4(10(20)21)6(12(24)25)5(11(22)23)3(1)9(18)19/h13H2,(H,14,15)(H,16,17)(H,18,19)(H,20,21)(H,22,23)(H,24,25). The monoisotopic (exact) mass is 356 g/mol. The van der Waals surface area contributed by atoms with Gasteiger partial charge in [0.2, 0.25) is 0 Å². The SMILES string of the molecule is NNC(=O)c1c(C(=O)O)c(C(=O)O)c(C(=O)O)c(C(=O)O)c1C(=O)O. The molecule has 1 amide bonds. The molecule has 0 aliphatic carbocycles. The molecule has 132 valence electrons. The molecule has 0 bridgehead atoms. The van der Waals surface area contributed by atoms with Crippen molar-refractivity contribution in [2.24, 2.45) is 5.84 Å². The molecule has 0 atom stereocenters. The first-order chi connectivity index (χ1) is 11.5. The molecule has 1 rings (SSSR count). The van der Waals surface area contributed by atoms with E-state index in [9.17, 15) is 28.8 Å². The van der Waals surface area contributed by atoms with E-state index < -0.39 is 69.1 Å². The van der Waals surface area contributed by atoms with Gasteiger partial charge in [0.1, 0.15) is 0 Å². The second-order valence-corrected chi connectivity index (χ2v) is 4.25. The summed E-state index contributed by atoms with van der Waals surface area (Å²) in [6, 6.07) is 0. The number of nitrogens with one attached hydrogen (secondary N) is 1. The van der Waals surface area contributed by atoms with Crippen LogP contribution in [0.1, 0.15) is 62.1 Å². The van der Waals surface area contributed by atoms with Crippen LogP contribution in [0.2, 0.25) is 0 Å². The molecule has 0 heterocycles. The van der Waals surface area contributed by atoms with E-state index in [1.54, 1.807) is 0 Å². The van der Waals surface area contributed by atoms with E-state index in [4.69, 9.17) is 31.4 Å². The number of carboxylic acid groups (broad SMARTS) is 5. The average Bonchev–Trinajstić information content (AvgIpc) is 2.50. The lowest BCUT2D eigenvalue weighted by Crippen LogP contribution is -2.36. The van der Waals surface area contributed by atoms with E-state index in [2.05, 4.69) is 0 Å². The van der Waals surface area contributed by atoms with Gasteiger partial charge in [0.05, 0.1) is 33.4 Å². The Labute approximate surface area is 135 Å². The third kappa shape index (κ3) is 3.06. The number of carbonyl (C=O) groups is 6. The maximum Gasteiger partial charge on any atom is 0.337 e. The normalized spacial score (nSPS) is 9.96.